The molecular formula is C12H17N5O2. The summed E-state index contributed by atoms with van der Waals surface area (Å²) in [4.78, 5) is 22.8. The zero-order valence-corrected chi connectivity index (χ0v) is 11.1. The Labute approximate surface area is 111 Å². The van der Waals surface area contributed by atoms with E-state index in [1.807, 2.05) is 20.2 Å². The summed E-state index contributed by atoms with van der Waals surface area (Å²) in [7, 11) is 1.85. The molecular weight excluding hydrogens is 246 g/mol. The maximum atomic E-state index is 11.9. The topological polar surface area (TPSA) is 88.4 Å². The summed E-state index contributed by atoms with van der Waals surface area (Å²) in [5.41, 5.74) is 4.64. The molecule has 0 spiro atoms. The molecule has 7 nitrogen and oxygen atoms in total. The van der Waals surface area contributed by atoms with Gasteiger partial charge in [0.1, 0.15) is 5.71 Å². The molecule has 1 aliphatic rings. The highest BCUT2D eigenvalue weighted by atomic mass is 16.2. The van der Waals surface area contributed by atoms with E-state index >= 15 is 0 Å². The van der Waals surface area contributed by atoms with Gasteiger partial charge in [0.2, 0.25) is 5.91 Å². The van der Waals surface area contributed by atoms with Gasteiger partial charge in [-0.3, -0.25) is 14.3 Å². The van der Waals surface area contributed by atoms with E-state index in [4.69, 9.17) is 0 Å². The van der Waals surface area contributed by atoms with E-state index in [9.17, 15) is 9.59 Å². The lowest BCUT2D eigenvalue weighted by atomic mass is 10.1. The molecule has 2 rings (SSSR count). The van der Waals surface area contributed by atoms with Crippen LogP contribution in [0.4, 0.5) is 0 Å². The van der Waals surface area contributed by atoms with Crippen molar-refractivity contribution in [3.8, 4) is 0 Å². The van der Waals surface area contributed by atoms with Crippen molar-refractivity contribution < 1.29 is 9.59 Å². The van der Waals surface area contributed by atoms with E-state index in [-0.39, 0.29) is 11.8 Å². The third-order valence-corrected chi connectivity index (χ3v) is 2.93. The van der Waals surface area contributed by atoms with Gasteiger partial charge in [-0.15, -0.1) is 0 Å². The number of carbonyl (C=O) groups excluding carboxylic acids is 2. The summed E-state index contributed by atoms with van der Waals surface area (Å²) in [5, 5.41) is 10.9. The standard InChI is InChI=1S/C12H17N5O2/c1-3-9-8(7-17(2)16-9)6-13-12(19)10-4-5-11(18)15-14-10/h7H,3-6H2,1-2H3,(H,13,19)(H,15,18). The van der Waals surface area contributed by atoms with Crippen LogP contribution in [0, 0.1) is 0 Å². The normalized spacial score (nSPS) is 14.8. The van der Waals surface area contributed by atoms with Gasteiger partial charge in [-0.2, -0.15) is 10.2 Å². The largest absolute Gasteiger partial charge is 0.347 e. The molecule has 1 aromatic rings. The number of hydrazone groups is 1. The van der Waals surface area contributed by atoms with Gasteiger partial charge in [-0.05, 0) is 6.42 Å². The number of carbonyl (C=O) groups is 2. The summed E-state index contributed by atoms with van der Waals surface area (Å²) in [6.45, 7) is 2.44. The van der Waals surface area contributed by atoms with Gasteiger partial charge >= 0.3 is 0 Å². The Hall–Kier alpha value is -2.18. The Bertz CT molecular complexity index is 532. The van der Waals surface area contributed by atoms with Gasteiger partial charge in [-0.1, -0.05) is 6.92 Å². The number of aryl methyl sites for hydroxylation is 2. The molecule has 1 aromatic heterocycles. The molecule has 0 aliphatic carbocycles. The van der Waals surface area contributed by atoms with Crippen LogP contribution in [-0.2, 0) is 29.6 Å². The summed E-state index contributed by atoms with van der Waals surface area (Å²) >= 11 is 0. The zero-order chi connectivity index (χ0) is 13.8. The third kappa shape index (κ3) is 3.18. The molecule has 2 N–H and O–H groups in total. The minimum absolute atomic E-state index is 0.155. The van der Waals surface area contributed by atoms with Crippen molar-refractivity contribution in [2.24, 2.45) is 12.1 Å². The van der Waals surface area contributed by atoms with Crippen molar-refractivity contribution in [1.82, 2.24) is 20.5 Å². The average Bonchev–Trinajstić information content (AvgIpc) is 2.77. The van der Waals surface area contributed by atoms with Crippen molar-refractivity contribution >= 4 is 17.5 Å². The first-order valence-corrected chi connectivity index (χ1v) is 6.25. The highest BCUT2D eigenvalue weighted by Crippen LogP contribution is 2.07. The third-order valence-electron chi connectivity index (χ3n) is 2.93. The van der Waals surface area contributed by atoms with Crippen molar-refractivity contribution in [3.05, 3.63) is 17.5 Å². The van der Waals surface area contributed by atoms with Crippen LogP contribution in [0.15, 0.2) is 11.3 Å². The molecule has 0 unspecified atom stereocenters. The summed E-state index contributed by atoms with van der Waals surface area (Å²) in [6.07, 6.45) is 3.40. The number of aromatic nitrogens is 2. The highest BCUT2D eigenvalue weighted by Gasteiger charge is 2.18. The second kappa shape index (κ2) is 5.64. The van der Waals surface area contributed by atoms with Crippen LogP contribution < -0.4 is 10.7 Å². The first-order chi connectivity index (χ1) is 9.10. The quantitative estimate of drug-likeness (QED) is 0.792. The lowest BCUT2D eigenvalue weighted by Gasteiger charge is -2.11. The second-order valence-electron chi connectivity index (χ2n) is 4.40. The number of rotatable bonds is 4. The molecule has 7 heteroatoms. The molecule has 0 atom stereocenters. The molecule has 0 fully saturated rings. The Kier molecular flexibility index (Phi) is 3.94. The van der Waals surface area contributed by atoms with Crippen LogP contribution in [-0.4, -0.2) is 27.3 Å². The zero-order valence-electron chi connectivity index (χ0n) is 11.1. The van der Waals surface area contributed by atoms with Crippen LogP contribution >= 0.6 is 0 Å². The smallest absolute Gasteiger partial charge is 0.267 e. The van der Waals surface area contributed by atoms with Crippen LogP contribution in [0.5, 0.6) is 0 Å². The van der Waals surface area contributed by atoms with Crippen molar-refractivity contribution in [2.75, 3.05) is 0 Å². The number of nitrogens with one attached hydrogen (secondary N) is 2. The Morgan fingerprint density at radius 2 is 2.32 bits per heavy atom. The highest BCUT2D eigenvalue weighted by molar-refractivity contribution is 6.39. The number of nitrogens with zero attached hydrogens (tertiary/aromatic N) is 3. The van der Waals surface area contributed by atoms with E-state index in [0.29, 0.717) is 25.1 Å². The van der Waals surface area contributed by atoms with Crippen LogP contribution in [0.3, 0.4) is 0 Å². The van der Waals surface area contributed by atoms with Crippen LogP contribution in [0.25, 0.3) is 0 Å². The molecule has 1 aliphatic heterocycles. The van der Waals surface area contributed by atoms with Gasteiger partial charge in [0, 0.05) is 38.2 Å². The predicted octanol–water partition coefficient (Wildman–Crippen LogP) is -0.135. The maximum absolute atomic E-state index is 11.9. The van der Waals surface area contributed by atoms with Gasteiger partial charge in [0.15, 0.2) is 0 Å². The van der Waals surface area contributed by atoms with Crippen LogP contribution in [0.1, 0.15) is 31.0 Å². The molecule has 0 radical (unpaired) electrons. The molecule has 0 saturated heterocycles. The summed E-state index contributed by atoms with van der Waals surface area (Å²) in [5.74, 6) is -0.400. The molecule has 2 amide bonds. The Balaban J connectivity index is 1.95. The minimum Gasteiger partial charge on any atom is -0.347 e. The second-order valence-corrected chi connectivity index (χ2v) is 4.40. The van der Waals surface area contributed by atoms with Crippen molar-refractivity contribution in [2.45, 2.75) is 32.7 Å². The fourth-order valence-electron chi connectivity index (χ4n) is 1.94. The maximum Gasteiger partial charge on any atom is 0.267 e. The molecule has 102 valence electrons. The summed E-state index contributed by atoms with van der Waals surface area (Å²) in [6, 6.07) is 0. The van der Waals surface area contributed by atoms with E-state index in [0.717, 1.165) is 17.7 Å². The fourth-order valence-corrected chi connectivity index (χ4v) is 1.94. The van der Waals surface area contributed by atoms with Gasteiger partial charge in [0.05, 0.1) is 5.69 Å². The first kappa shape index (κ1) is 13.3. The lowest BCUT2D eigenvalue weighted by Crippen LogP contribution is -2.36. The Morgan fingerprint density at radius 1 is 1.53 bits per heavy atom. The van der Waals surface area contributed by atoms with Crippen molar-refractivity contribution in [1.29, 1.82) is 0 Å². The number of hydrogen-bond donors (Lipinski definition) is 2. The molecule has 2 heterocycles. The Morgan fingerprint density at radius 3 is 2.95 bits per heavy atom. The molecule has 19 heavy (non-hydrogen) atoms. The van der Waals surface area contributed by atoms with E-state index in [1.165, 1.54) is 0 Å². The monoisotopic (exact) mass is 263 g/mol. The fraction of sp³-hybridized carbons (Fsp3) is 0.500. The van der Waals surface area contributed by atoms with E-state index in [2.05, 4.69) is 20.9 Å². The van der Waals surface area contributed by atoms with Crippen molar-refractivity contribution in [3.63, 3.8) is 0 Å². The lowest BCUT2D eigenvalue weighted by molar-refractivity contribution is -0.121. The van der Waals surface area contributed by atoms with E-state index in [1.54, 1.807) is 4.68 Å². The van der Waals surface area contributed by atoms with Gasteiger partial charge < -0.3 is 5.32 Å². The predicted molar refractivity (Wildman–Crippen MR) is 69.2 cm³/mol. The minimum atomic E-state index is -0.245. The number of amides is 2. The summed E-state index contributed by atoms with van der Waals surface area (Å²) < 4.78 is 1.73. The van der Waals surface area contributed by atoms with Crippen LogP contribution in [0.2, 0.25) is 0 Å². The van der Waals surface area contributed by atoms with Gasteiger partial charge in [0.25, 0.3) is 5.91 Å². The van der Waals surface area contributed by atoms with E-state index < -0.39 is 0 Å². The first-order valence-electron chi connectivity index (χ1n) is 6.25. The molecule has 0 bridgehead atoms. The molecule has 0 aromatic carbocycles. The van der Waals surface area contributed by atoms with Gasteiger partial charge in [-0.25, -0.2) is 5.43 Å². The average molecular weight is 263 g/mol. The SMILES string of the molecule is CCc1nn(C)cc1CNC(=O)C1=NNC(=O)CC1. The number of hydrogen-bond acceptors (Lipinski definition) is 4. The molecule has 0 saturated carbocycles.